The monoisotopic (exact) mass is 276 g/mol. The van der Waals surface area contributed by atoms with Crippen LogP contribution in [0.25, 0.3) is 0 Å². The van der Waals surface area contributed by atoms with Gasteiger partial charge in [0.25, 0.3) is 0 Å². The van der Waals surface area contributed by atoms with Crippen LogP contribution in [0.3, 0.4) is 0 Å². The molecule has 2 N–H and O–H groups in total. The molecule has 3 aliphatic rings. The van der Waals surface area contributed by atoms with Gasteiger partial charge in [-0.1, -0.05) is 30.9 Å². The molecule has 6 heteroatoms. The van der Waals surface area contributed by atoms with Crippen LogP contribution in [-0.2, 0) is 0 Å². The number of aromatic amines is 1. The number of hydrazine groups is 1. The third-order valence-electron chi connectivity index (χ3n) is 5.47. The van der Waals surface area contributed by atoms with Crippen LogP contribution in [0.1, 0.15) is 69.7 Å². The first kappa shape index (κ1) is 12.7. The summed E-state index contributed by atoms with van der Waals surface area (Å²) in [6.45, 7) is 0. The second-order valence-electron chi connectivity index (χ2n) is 6.64. The van der Waals surface area contributed by atoms with Gasteiger partial charge < -0.3 is 0 Å². The lowest BCUT2D eigenvalue weighted by Crippen LogP contribution is -2.47. The predicted molar refractivity (Wildman–Crippen MR) is 74.5 cm³/mol. The largest absolute Gasteiger partial charge is 0.244 e. The lowest BCUT2D eigenvalue weighted by atomic mass is 9.93. The fraction of sp³-hybridized carbons (Fsp3) is 0.929. The molecule has 2 unspecified atom stereocenters. The molecule has 0 bridgehead atoms. The van der Waals surface area contributed by atoms with Crippen molar-refractivity contribution in [1.29, 1.82) is 0 Å². The molecule has 110 valence electrons. The maximum absolute atomic E-state index is 4.18. The van der Waals surface area contributed by atoms with E-state index in [2.05, 4.69) is 31.1 Å². The molecule has 1 aromatic rings. The Bertz CT molecular complexity index is 397. The summed E-state index contributed by atoms with van der Waals surface area (Å²) < 4.78 is 0. The van der Waals surface area contributed by atoms with Crippen molar-refractivity contribution < 1.29 is 0 Å². The Morgan fingerprint density at radius 3 is 2.45 bits per heavy atom. The summed E-state index contributed by atoms with van der Waals surface area (Å²) in [4.78, 5) is 0. The van der Waals surface area contributed by atoms with E-state index in [0.29, 0.717) is 6.04 Å². The Labute approximate surface area is 119 Å². The van der Waals surface area contributed by atoms with Crippen molar-refractivity contribution in [3.05, 3.63) is 5.82 Å². The van der Waals surface area contributed by atoms with Crippen LogP contribution < -0.4 is 5.43 Å². The van der Waals surface area contributed by atoms with Crippen molar-refractivity contribution in [2.75, 3.05) is 0 Å². The van der Waals surface area contributed by atoms with Crippen LogP contribution >= 0.6 is 0 Å². The number of aromatic nitrogens is 4. The van der Waals surface area contributed by atoms with E-state index in [9.17, 15) is 0 Å². The fourth-order valence-corrected chi connectivity index (χ4v) is 4.48. The first-order chi connectivity index (χ1) is 9.92. The highest BCUT2D eigenvalue weighted by molar-refractivity contribution is 5.00. The molecule has 2 saturated carbocycles. The Balaban J connectivity index is 1.53. The summed E-state index contributed by atoms with van der Waals surface area (Å²) in [5, 5.41) is 17.3. The minimum atomic E-state index is 0.250. The highest BCUT2D eigenvalue weighted by atomic mass is 15.6. The second kappa shape index (κ2) is 5.41. The van der Waals surface area contributed by atoms with Crippen LogP contribution in [-0.4, -0.2) is 37.7 Å². The summed E-state index contributed by atoms with van der Waals surface area (Å²) in [7, 11) is 0. The summed E-state index contributed by atoms with van der Waals surface area (Å²) in [6, 6.07) is 1.64. The molecule has 4 rings (SSSR count). The zero-order valence-electron chi connectivity index (χ0n) is 12.0. The van der Waals surface area contributed by atoms with E-state index in [1.807, 2.05) is 0 Å². The van der Waals surface area contributed by atoms with Crippen LogP contribution in [0, 0.1) is 5.92 Å². The molecule has 1 aromatic heterocycles. The summed E-state index contributed by atoms with van der Waals surface area (Å²) in [5.41, 5.74) is 3.71. The zero-order chi connectivity index (χ0) is 13.4. The van der Waals surface area contributed by atoms with Crippen molar-refractivity contribution in [3.8, 4) is 0 Å². The average Bonchev–Trinajstić information content (AvgIpc) is 3.22. The number of hydrogen-bond acceptors (Lipinski definition) is 5. The standard InChI is InChI=1S/C14H24N6/c1-2-6-10(5-1)13-9-12(14-15-18-19-16-14)17-20(13)11-7-3-4-8-11/h10-13,17H,1-9H2,(H,15,16,18,19). The van der Waals surface area contributed by atoms with E-state index in [4.69, 9.17) is 0 Å². The lowest BCUT2D eigenvalue weighted by molar-refractivity contribution is 0.0835. The third kappa shape index (κ3) is 2.24. The van der Waals surface area contributed by atoms with Crippen LogP contribution in [0.15, 0.2) is 0 Å². The van der Waals surface area contributed by atoms with Crippen molar-refractivity contribution >= 4 is 0 Å². The van der Waals surface area contributed by atoms with E-state index in [1.54, 1.807) is 0 Å². The van der Waals surface area contributed by atoms with Crippen molar-refractivity contribution in [3.63, 3.8) is 0 Å². The molecule has 0 amide bonds. The van der Waals surface area contributed by atoms with E-state index in [0.717, 1.165) is 24.2 Å². The highest BCUT2D eigenvalue weighted by Crippen LogP contribution is 2.40. The summed E-state index contributed by atoms with van der Waals surface area (Å²) in [5.74, 6) is 1.69. The molecular weight excluding hydrogens is 252 g/mol. The molecule has 1 saturated heterocycles. The van der Waals surface area contributed by atoms with Crippen LogP contribution in [0.4, 0.5) is 0 Å². The van der Waals surface area contributed by atoms with E-state index < -0.39 is 0 Å². The molecule has 1 aliphatic heterocycles. The molecule has 6 nitrogen and oxygen atoms in total. The van der Waals surface area contributed by atoms with Crippen LogP contribution in [0.5, 0.6) is 0 Å². The van der Waals surface area contributed by atoms with Gasteiger partial charge in [-0.2, -0.15) is 5.21 Å². The minimum absolute atomic E-state index is 0.250. The molecule has 0 aromatic carbocycles. The van der Waals surface area contributed by atoms with Gasteiger partial charge in [-0.15, -0.1) is 10.2 Å². The topological polar surface area (TPSA) is 69.7 Å². The molecule has 3 fully saturated rings. The third-order valence-corrected chi connectivity index (χ3v) is 5.47. The fourth-order valence-electron chi connectivity index (χ4n) is 4.48. The normalized spacial score (nSPS) is 33.4. The first-order valence-electron chi connectivity index (χ1n) is 8.19. The maximum atomic E-state index is 4.18. The molecule has 2 atom stereocenters. The molecule has 0 spiro atoms. The molecule has 2 aliphatic carbocycles. The van der Waals surface area contributed by atoms with Gasteiger partial charge in [-0.3, -0.25) is 0 Å². The molecule has 2 heterocycles. The maximum Gasteiger partial charge on any atom is 0.192 e. The number of rotatable bonds is 3. The second-order valence-corrected chi connectivity index (χ2v) is 6.64. The van der Waals surface area contributed by atoms with E-state index in [-0.39, 0.29) is 6.04 Å². The minimum Gasteiger partial charge on any atom is -0.244 e. The average molecular weight is 276 g/mol. The van der Waals surface area contributed by atoms with Gasteiger partial charge in [-0.05, 0) is 38.0 Å². The lowest BCUT2D eigenvalue weighted by Gasteiger charge is -2.33. The Hall–Kier alpha value is -1.01. The Morgan fingerprint density at radius 1 is 1.00 bits per heavy atom. The Kier molecular flexibility index (Phi) is 3.44. The van der Waals surface area contributed by atoms with Crippen molar-refractivity contribution in [2.24, 2.45) is 5.92 Å². The van der Waals surface area contributed by atoms with E-state index in [1.165, 1.54) is 51.4 Å². The zero-order valence-corrected chi connectivity index (χ0v) is 12.0. The number of tetrazole rings is 1. The molecule has 20 heavy (non-hydrogen) atoms. The predicted octanol–water partition coefficient (Wildman–Crippen LogP) is 1.95. The van der Waals surface area contributed by atoms with Gasteiger partial charge in [0.05, 0.1) is 6.04 Å². The number of H-pyrrole nitrogens is 1. The smallest absolute Gasteiger partial charge is 0.192 e. The summed E-state index contributed by atoms with van der Waals surface area (Å²) >= 11 is 0. The number of hydrogen-bond donors (Lipinski definition) is 2. The number of nitrogens with one attached hydrogen (secondary N) is 2. The van der Waals surface area contributed by atoms with Gasteiger partial charge in [0, 0.05) is 12.1 Å². The quantitative estimate of drug-likeness (QED) is 0.883. The van der Waals surface area contributed by atoms with Gasteiger partial charge >= 0.3 is 0 Å². The van der Waals surface area contributed by atoms with Gasteiger partial charge in [0.15, 0.2) is 5.82 Å². The SMILES string of the molecule is C1CCC(C2CC(c3nn[nH]n3)NN2C2CCCC2)C1. The van der Waals surface area contributed by atoms with Gasteiger partial charge in [-0.25, -0.2) is 10.4 Å². The van der Waals surface area contributed by atoms with Crippen molar-refractivity contribution in [2.45, 2.75) is 75.9 Å². The van der Waals surface area contributed by atoms with Crippen LogP contribution in [0.2, 0.25) is 0 Å². The molecule has 0 radical (unpaired) electrons. The first-order valence-corrected chi connectivity index (χ1v) is 8.19. The Morgan fingerprint density at radius 2 is 1.75 bits per heavy atom. The van der Waals surface area contributed by atoms with Gasteiger partial charge in [0.1, 0.15) is 0 Å². The van der Waals surface area contributed by atoms with E-state index >= 15 is 0 Å². The van der Waals surface area contributed by atoms with Gasteiger partial charge in [0.2, 0.25) is 0 Å². The molecular formula is C14H24N6. The van der Waals surface area contributed by atoms with Crippen molar-refractivity contribution in [1.82, 2.24) is 31.1 Å². The summed E-state index contributed by atoms with van der Waals surface area (Å²) in [6.07, 6.45) is 12.2. The highest BCUT2D eigenvalue weighted by Gasteiger charge is 2.43. The number of nitrogens with zero attached hydrogens (tertiary/aromatic N) is 4.